The minimum Gasteiger partial charge on any atom is -0.446 e. The number of esters is 1. The minimum atomic E-state index is -0.408. The molecule has 0 N–H and O–H groups in total. The van der Waals surface area contributed by atoms with Gasteiger partial charge in [0, 0.05) is 0 Å². The number of hydrogen-bond acceptors (Lipinski definition) is 2. The van der Waals surface area contributed by atoms with Crippen molar-refractivity contribution in [3.8, 4) is 12.3 Å². The van der Waals surface area contributed by atoms with E-state index in [2.05, 4.69) is 12.8 Å². The molecule has 0 fully saturated rings. The summed E-state index contributed by atoms with van der Waals surface area (Å²) >= 11 is 0. The maximum Gasteiger partial charge on any atom is 0.339 e. The highest BCUT2D eigenvalue weighted by Crippen LogP contribution is 2.12. The lowest BCUT2D eigenvalue weighted by atomic mass is 10.1. The number of terminal acetylenes is 1. The molecule has 0 aliphatic rings. The molecule has 1 aromatic rings. The molecule has 0 amide bonds. The first kappa shape index (κ1) is 16.3. The van der Waals surface area contributed by atoms with Crippen LogP contribution < -0.4 is 0 Å². The maximum atomic E-state index is 11.9. The summed E-state index contributed by atoms with van der Waals surface area (Å²) in [5, 5.41) is 0. The standard InChI is InChI=1S/C18H24O2/c1-3-5-6-7-8-12-15-17(4-2)20-18(19)16-13-10-9-11-14-16/h2,9-11,13-14,17H,3,5-8,12,15H2,1H3/t17-/m1/s1. The molecule has 2 nitrogen and oxygen atoms in total. The zero-order valence-electron chi connectivity index (χ0n) is 12.3. The van der Waals surface area contributed by atoms with Gasteiger partial charge >= 0.3 is 5.97 Å². The van der Waals surface area contributed by atoms with E-state index in [1.807, 2.05) is 18.2 Å². The first-order valence-corrected chi connectivity index (χ1v) is 7.50. The molecule has 0 bridgehead atoms. The third-order valence-corrected chi connectivity index (χ3v) is 3.26. The molecule has 0 aromatic heterocycles. The Bertz CT molecular complexity index is 417. The van der Waals surface area contributed by atoms with Crippen LogP contribution in [0.1, 0.15) is 62.2 Å². The van der Waals surface area contributed by atoms with Crippen LogP contribution in [-0.4, -0.2) is 12.1 Å². The molecule has 0 aliphatic carbocycles. The first-order chi connectivity index (χ1) is 9.77. The van der Waals surface area contributed by atoms with Crippen molar-refractivity contribution in [2.75, 3.05) is 0 Å². The number of unbranched alkanes of at least 4 members (excludes halogenated alkanes) is 5. The van der Waals surface area contributed by atoms with Crippen LogP contribution >= 0.6 is 0 Å². The van der Waals surface area contributed by atoms with Crippen LogP contribution in [0.15, 0.2) is 30.3 Å². The number of benzene rings is 1. The highest BCUT2D eigenvalue weighted by Gasteiger charge is 2.12. The highest BCUT2D eigenvalue weighted by atomic mass is 16.5. The Morgan fingerprint density at radius 2 is 1.80 bits per heavy atom. The molecule has 1 rings (SSSR count). The van der Waals surface area contributed by atoms with Gasteiger partial charge in [0.25, 0.3) is 0 Å². The lowest BCUT2D eigenvalue weighted by molar-refractivity contribution is 0.0393. The van der Waals surface area contributed by atoms with Crippen molar-refractivity contribution in [1.29, 1.82) is 0 Å². The fourth-order valence-corrected chi connectivity index (χ4v) is 2.06. The van der Waals surface area contributed by atoms with Gasteiger partial charge in [-0.25, -0.2) is 4.79 Å². The monoisotopic (exact) mass is 272 g/mol. The van der Waals surface area contributed by atoms with Crippen LogP contribution in [0.5, 0.6) is 0 Å². The Balaban J connectivity index is 2.26. The van der Waals surface area contributed by atoms with E-state index in [9.17, 15) is 4.79 Å². The van der Waals surface area contributed by atoms with Crippen LogP contribution in [0, 0.1) is 12.3 Å². The summed E-state index contributed by atoms with van der Waals surface area (Å²) in [5.41, 5.74) is 0.552. The van der Waals surface area contributed by atoms with E-state index in [4.69, 9.17) is 11.2 Å². The highest BCUT2D eigenvalue weighted by molar-refractivity contribution is 5.89. The van der Waals surface area contributed by atoms with E-state index in [0.29, 0.717) is 5.56 Å². The van der Waals surface area contributed by atoms with E-state index in [0.717, 1.165) is 19.3 Å². The van der Waals surface area contributed by atoms with Gasteiger partial charge in [-0.3, -0.25) is 0 Å². The molecule has 0 spiro atoms. The summed E-state index contributed by atoms with van der Waals surface area (Å²) in [4.78, 5) is 11.9. The first-order valence-electron chi connectivity index (χ1n) is 7.50. The van der Waals surface area contributed by atoms with Gasteiger partial charge in [0.2, 0.25) is 0 Å². The van der Waals surface area contributed by atoms with Gasteiger partial charge in [0.15, 0.2) is 6.10 Å². The van der Waals surface area contributed by atoms with Gasteiger partial charge in [0.1, 0.15) is 0 Å². The number of carbonyl (C=O) groups excluding carboxylic acids is 1. The minimum absolute atomic E-state index is 0.334. The van der Waals surface area contributed by atoms with Gasteiger partial charge in [-0.2, -0.15) is 0 Å². The van der Waals surface area contributed by atoms with Gasteiger partial charge in [-0.1, -0.05) is 63.1 Å². The van der Waals surface area contributed by atoms with Crippen LogP contribution in [0.25, 0.3) is 0 Å². The lowest BCUT2D eigenvalue weighted by Gasteiger charge is -2.12. The van der Waals surface area contributed by atoms with Crippen molar-refractivity contribution in [3.05, 3.63) is 35.9 Å². The Morgan fingerprint density at radius 3 is 2.45 bits per heavy atom. The molecule has 1 aromatic carbocycles. The summed E-state index contributed by atoms with van der Waals surface area (Å²) in [6.45, 7) is 2.21. The van der Waals surface area contributed by atoms with Gasteiger partial charge in [0.05, 0.1) is 5.56 Å². The van der Waals surface area contributed by atoms with Crippen molar-refractivity contribution < 1.29 is 9.53 Å². The largest absolute Gasteiger partial charge is 0.446 e. The molecule has 0 saturated carbocycles. The maximum absolute atomic E-state index is 11.9. The zero-order chi connectivity index (χ0) is 14.6. The number of ether oxygens (including phenoxy) is 1. The smallest absolute Gasteiger partial charge is 0.339 e. The zero-order valence-corrected chi connectivity index (χ0v) is 12.3. The molecule has 108 valence electrons. The molecule has 1 atom stereocenters. The number of carbonyl (C=O) groups is 1. The summed E-state index contributed by atoms with van der Waals surface area (Å²) in [5.74, 6) is 2.23. The summed E-state index contributed by atoms with van der Waals surface area (Å²) in [6, 6.07) is 8.97. The Morgan fingerprint density at radius 1 is 1.15 bits per heavy atom. The fraction of sp³-hybridized carbons (Fsp3) is 0.500. The predicted octanol–water partition coefficient (Wildman–Crippen LogP) is 4.60. The average Bonchev–Trinajstić information content (AvgIpc) is 2.50. The molecular formula is C18H24O2. The van der Waals surface area contributed by atoms with E-state index in [1.54, 1.807) is 12.1 Å². The Labute approximate surface area is 122 Å². The topological polar surface area (TPSA) is 26.3 Å². The Hall–Kier alpha value is -1.75. The van der Waals surface area contributed by atoms with Crippen molar-refractivity contribution in [2.45, 2.75) is 58.0 Å². The SMILES string of the molecule is C#C[C@H](CCCCCCCC)OC(=O)c1ccccc1. The van der Waals surface area contributed by atoms with Crippen molar-refractivity contribution in [2.24, 2.45) is 0 Å². The molecular weight excluding hydrogens is 248 g/mol. The summed E-state index contributed by atoms with van der Waals surface area (Å²) < 4.78 is 5.34. The van der Waals surface area contributed by atoms with E-state index in [-0.39, 0.29) is 5.97 Å². The normalized spacial score (nSPS) is 11.6. The summed E-state index contributed by atoms with van der Waals surface area (Å²) in [7, 11) is 0. The fourth-order valence-electron chi connectivity index (χ4n) is 2.06. The Kier molecular flexibility index (Phi) is 8.22. The quantitative estimate of drug-likeness (QED) is 0.373. The molecule has 0 radical (unpaired) electrons. The van der Waals surface area contributed by atoms with E-state index < -0.39 is 6.10 Å². The average molecular weight is 272 g/mol. The summed E-state index contributed by atoms with van der Waals surface area (Å²) in [6.07, 6.45) is 13.0. The third kappa shape index (κ3) is 6.43. The van der Waals surface area contributed by atoms with Gasteiger partial charge in [-0.05, 0) is 25.0 Å². The second-order valence-corrected chi connectivity index (χ2v) is 4.98. The second kappa shape index (κ2) is 10.1. The van der Waals surface area contributed by atoms with Gasteiger partial charge < -0.3 is 4.74 Å². The molecule has 0 saturated heterocycles. The van der Waals surface area contributed by atoms with Crippen molar-refractivity contribution in [1.82, 2.24) is 0 Å². The molecule has 0 aliphatic heterocycles. The van der Waals surface area contributed by atoms with Crippen LogP contribution in [0.2, 0.25) is 0 Å². The number of hydrogen-bond donors (Lipinski definition) is 0. The van der Waals surface area contributed by atoms with Crippen LogP contribution in [-0.2, 0) is 4.74 Å². The molecule has 0 unspecified atom stereocenters. The third-order valence-electron chi connectivity index (χ3n) is 3.26. The van der Waals surface area contributed by atoms with Crippen molar-refractivity contribution >= 4 is 5.97 Å². The van der Waals surface area contributed by atoms with Gasteiger partial charge in [-0.15, -0.1) is 6.42 Å². The molecule has 20 heavy (non-hydrogen) atoms. The number of rotatable bonds is 9. The second-order valence-electron chi connectivity index (χ2n) is 4.98. The van der Waals surface area contributed by atoms with Crippen LogP contribution in [0.4, 0.5) is 0 Å². The van der Waals surface area contributed by atoms with E-state index in [1.165, 1.54) is 25.7 Å². The molecule has 2 heteroatoms. The van der Waals surface area contributed by atoms with Crippen molar-refractivity contribution in [3.63, 3.8) is 0 Å². The predicted molar refractivity (Wildman–Crippen MR) is 82.5 cm³/mol. The van der Waals surface area contributed by atoms with E-state index >= 15 is 0 Å². The lowest BCUT2D eigenvalue weighted by Crippen LogP contribution is -2.16. The van der Waals surface area contributed by atoms with Crippen LogP contribution in [0.3, 0.4) is 0 Å². The molecule has 0 heterocycles.